The summed E-state index contributed by atoms with van der Waals surface area (Å²) in [5, 5.41) is 6.67. The maximum Gasteiger partial charge on any atom is 0.253 e. The summed E-state index contributed by atoms with van der Waals surface area (Å²) >= 11 is 0. The Balaban J connectivity index is 1.55. The van der Waals surface area contributed by atoms with Crippen molar-refractivity contribution in [2.24, 2.45) is 5.92 Å². The molecule has 3 rings (SSSR count). The highest BCUT2D eigenvalue weighted by Gasteiger charge is 2.22. The standard InChI is InChI=1S/C20H29N5O3/c1-13(2)9-16-12-25(7-8-27-16)18-6-5-15(10-21-18)19(26)22-11-17-23-20(14(3)4)28-24-17/h5-6,10,13-14,16H,7-9,11-12H2,1-4H3,(H,22,26)/t16-/m0/s1. The number of nitrogens with one attached hydrogen (secondary N) is 1. The van der Waals surface area contributed by atoms with Crippen LogP contribution in [0.4, 0.5) is 5.82 Å². The fourth-order valence-electron chi connectivity index (χ4n) is 3.14. The van der Waals surface area contributed by atoms with E-state index in [-0.39, 0.29) is 24.5 Å². The van der Waals surface area contributed by atoms with E-state index in [2.05, 4.69) is 39.2 Å². The van der Waals surface area contributed by atoms with Gasteiger partial charge in [-0.1, -0.05) is 32.9 Å². The van der Waals surface area contributed by atoms with E-state index < -0.39 is 0 Å². The summed E-state index contributed by atoms with van der Waals surface area (Å²) in [7, 11) is 0. The van der Waals surface area contributed by atoms with E-state index in [4.69, 9.17) is 9.26 Å². The average Bonchev–Trinajstić information content (AvgIpc) is 3.15. The Morgan fingerprint density at radius 2 is 2.14 bits per heavy atom. The van der Waals surface area contributed by atoms with Crippen LogP contribution in [0.5, 0.6) is 0 Å². The van der Waals surface area contributed by atoms with Crippen LogP contribution in [0.1, 0.15) is 62.1 Å². The number of pyridine rings is 1. The molecule has 3 heterocycles. The summed E-state index contributed by atoms with van der Waals surface area (Å²) in [6, 6.07) is 3.68. The van der Waals surface area contributed by atoms with Gasteiger partial charge in [0.1, 0.15) is 5.82 Å². The third kappa shape index (κ3) is 5.28. The van der Waals surface area contributed by atoms with Gasteiger partial charge in [0.2, 0.25) is 5.89 Å². The third-order valence-corrected chi connectivity index (χ3v) is 4.59. The van der Waals surface area contributed by atoms with Gasteiger partial charge < -0.3 is 19.5 Å². The van der Waals surface area contributed by atoms with Crippen molar-refractivity contribution in [3.63, 3.8) is 0 Å². The Morgan fingerprint density at radius 3 is 2.79 bits per heavy atom. The molecule has 0 saturated carbocycles. The smallest absolute Gasteiger partial charge is 0.253 e. The number of hydrogen-bond acceptors (Lipinski definition) is 7. The van der Waals surface area contributed by atoms with E-state index in [1.54, 1.807) is 12.3 Å². The van der Waals surface area contributed by atoms with Gasteiger partial charge in [-0.3, -0.25) is 4.79 Å². The Bertz CT molecular complexity index is 772. The second-order valence-electron chi connectivity index (χ2n) is 7.86. The number of hydrogen-bond donors (Lipinski definition) is 1. The molecule has 1 fully saturated rings. The molecular formula is C20H29N5O3. The average molecular weight is 387 g/mol. The number of anilines is 1. The van der Waals surface area contributed by atoms with Gasteiger partial charge in [-0.05, 0) is 24.5 Å². The zero-order chi connectivity index (χ0) is 20.1. The highest BCUT2D eigenvalue weighted by Crippen LogP contribution is 2.19. The molecule has 8 nitrogen and oxygen atoms in total. The van der Waals surface area contributed by atoms with Gasteiger partial charge in [0.05, 0.1) is 24.8 Å². The third-order valence-electron chi connectivity index (χ3n) is 4.59. The quantitative estimate of drug-likeness (QED) is 0.781. The van der Waals surface area contributed by atoms with Gasteiger partial charge in [0, 0.05) is 25.2 Å². The molecule has 1 aliphatic rings. The zero-order valence-corrected chi connectivity index (χ0v) is 17.0. The molecule has 0 aliphatic carbocycles. The van der Waals surface area contributed by atoms with Crippen molar-refractivity contribution in [2.75, 3.05) is 24.6 Å². The molecule has 1 amide bonds. The fourth-order valence-corrected chi connectivity index (χ4v) is 3.14. The van der Waals surface area contributed by atoms with Crippen molar-refractivity contribution in [3.05, 3.63) is 35.6 Å². The molecule has 0 bridgehead atoms. The second-order valence-corrected chi connectivity index (χ2v) is 7.86. The van der Waals surface area contributed by atoms with E-state index in [0.717, 1.165) is 25.3 Å². The van der Waals surface area contributed by atoms with Crippen LogP contribution >= 0.6 is 0 Å². The van der Waals surface area contributed by atoms with Crippen molar-refractivity contribution < 1.29 is 14.1 Å². The lowest BCUT2D eigenvalue weighted by Gasteiger charge is -2.34. The molecule has 0 spiro atoms. The van der Waals surface area contributed by atoms with E-state index in [1.807, 2.05) is 19.9 Å². The van der Waals surface area contributed by atoms with Gasteiger partial charge in [0.25, 0.3) is 5.91 Å². The van der Waals surface area contributed by atoms with Crippen LogP contribution in [0.3, 0.4) is 0 Å². The van der Waals surface area contributed by atoms with Crippen LogP contribution in [-0.4, -0.2) is 46.8 Å². The Kier molecular flexibility index (Phi) is 6.61. The van der Waals surface area contributed by atoms with Crippen molar-refractivity contribution in [2.45, 2.75) is 52.7 Å². The van der Waals surface area contributed by atoms with Crippen LogP contribution in [0.15, 0.2) is 22.9 Å². The molecule has 1 N–H and O–H groups in total. The van der Waals surface area contributed by atoms with Crippen LogP contribution < -0.4 is 10.2 Å². The SMILES string of the molecule is CC(C)C[C@H]1CN(c2ccc(C(=O)NCc3noc(C(C)C)n3)cn2)CCO1. The Hall–Kier alpha value is -2.48. The van der Waals surface area contributed by atoms with Crippen molar-refractivity contribution in [3.8, 4) is 0 Å². The number of nitrogens with zero attached hydrogens (tertiary/aromatic N) is 4. The molecule has 8 heteroatoms. The first-order valence-electron chi connectivity index (χ1n) is 9.85. The number of carbonyl (C=O) groups is 1. The van der Waals surface area contributed by atoms with Gasteiger partial charge in [-0.2, -0.15) is 4.98 Å². The van der Waals surface area contributed by atoms with E-state index >= 15 is 0 Å². The number of rotatable bonds is 7. The molecule has 1 saturated heterocycles. The minimum atomic E-state index is -0.213. The first-order chi connectivity index (χ1) is 13.4. The predicted octanol–water partition coefficient (Wildman–Crippen LogP) is 2.77. The number of carbonyl (C=O) groups excluding carboxylic acids is 1. The summed E-state index contributed by atoms with van der Waals surface area (Å²) in [6.07, 6.45) is 2.86. The van der Waals surface area contributed by atoms with Gasteiger partial charge in [-0.15, -0.1) is 0 Å². The van der Waals surface area contributed by atoms with Gasteiger partial charge in [-0.25, -0.2) is 4.98 Å². The van der Waals surface area contributed by atoms with Crippen molar-refractivity contribution in [1.29, 1.82) is 0 Å². The molecular weight excluding hydrogens is 358 g/mol. The first kappa shape index (κ1) is 20.3. The minimum absolute atomic E-state index is 0.161. The normalized spacial score (nSPS) is 17.4. The molecule has 0 aromatic carbocycles. The van der Waals surface area contributed by atoms with E-state index in [9.17, 15) is 4.79 Å². The van der Waals surface area contributed by atoms with Crippen LogP contribution in [0.25, 0.3) is 0 Å². The lowest BCUT2D eigenvalue weighted by molar-refractivity contribution is 0.0273. The molecule has 152 valence electrons. The first-order valence-corrected chi connectivity index (χ1v) is 9.85. The van der Waals surface area contributed by atoms with Crippen LogP contribution in [0, 0.1) is 5.92 Å². The van der Waals surface area contributed by atoms with Crippen molar-refractivity contribution >= 4 is 11.7 Å². The minimum Gasteiger partial charge on any atom is -0.375 e. The topological polar surface area (TPSA) is 93.4 Å². The maximum absolute atomic E-state index is 12.3. The Labute approximate surface area is 165 Å². The molecule has 0 unspecified atom stereocenters. The monoisotopic (exact) mass is 387 g/mol. The summed E-state index contributed by atoms with van der Waals surface area (Å²) < 4.78 is 11.0. The van der Waals surface area contributed by atoms with Gasteiger partial charge in [0.15, 0.2) is 5.82 Å². The maximum atomic E-state index is 12.3. The lowest BCUT2D eigenvalue weighted by atomic mass is 10.0. The summed E-state index contributed by atoms with van der Waals surface area (Å²) in [5.41, 5.74) is 0.503. The Morgan fingerprint density at radius 1 is 1.32 bits per heavy atom. The van der Waals surface area contributed by atoms with E-state index in [1.165, 1.54) is 0 Å². The number of aromatic nitrogens is 3. The van der Waals surface area contributed by atoms with Crippen molar-refractivity contribution in [1.82, 2.24) is 20.4 Å². The van der Waals surface area contributed by atoms with Crippen LogP contribution in [-0.2, 0) is 11.3 Å². The summed E-state index contributed by atoms with van der Waals surface area (Å²) in [5.74, 6) is 2.44. The van der Waals surface area contributed by atoms with Gasteiger partial charge >= 0.3 is 0 Å². The fraction of sp³-hybridized carbons (Fsp3) is 0.600. The molecule has 28 heavy (non-hydrogen) atoms. The highest BCUT2D eigenvalue weighted by atomic mass is 16.5. The van der Waals surface area contributed by atoms with E-state index in [0.29, 0.717) is 29.8 Å². The number of morpholine rings is 1. The summed E-state index contributed by atoms with van der Waals surface area (Å²) in [4.78, 5) is 23.3. The molecule has 2 aromatic rings. The van der Waals surface area contributed by atoms with Crippen LogP contribution in [0.2, 0.25) is 0 Å². The zero-order valence-electron chi connectivity index (χ0n) is 17.0. The molecule has 2 aromatic heterocycles. The highest BCUT2D eigenvalue weighted by molar-refractivity contribution is 5.93. The number of amides is 1. The largest absolute Gasteiger partial charge is 0.375 e. The summed E-state index contributed by atoms with van der Waals surface area (Å²) in [6.45, 7) is 10.9. The molecule has 1 atom stereocenters. The number of ether oxygens (including phenoxy) is 1. The molecule has 0 radical (unpaired) electrons. The second kappa shape index (κ2) is 9.14. The molecule has 1 aliphatic heterocycles. The predicted molar refractivity (Wildman–Crippen MR) is 105 cm³/mol. The lowest BCUT2D eigenvalue weighted by Crippen LogP contribution is -2.43.